The molecule has 1 amide bonds. The van der Waals surface area contributed by atoms with Gasteiger partial charge in [0.05, 0.1) is 25.1 Å². The largest absolute Gasteiger partial charge is 0.380 e. The van der Waals surface area contributed by atoms with Gasteiger partial charge in [0.25, 0.3) is 0 Å². The van der Waals surface area contributed by atoms with Crippen LogP contribution in [-0.2, 0) is 16.1 Å². The second-order valence-electron chi connectivity index (χ2n) is 7.03. The quantitative estimate of drug-likeness (QED) is 0.921. The van der Waals surface area contributed by atoms with Crippen LogP contribution in [0.3, 0.4) is 0 Å². The molecule has 6 heteroatoms. The van der Waals surface area contributed by atoms with Gasteiger partial charge < -0.3 is 15.0 Å². The fourth-order valence-electron chi connectivity index (χ4n) is 3.49. The maximum absolute atomic E-state index is 12.2. The van der Waals surface area contributed by atoms with Crippen molar-refractivity contribution in [3.63, 3.8) is 0 Å². The first-order valence-corrected chi connectivity index (χ1v) is 8.76. The number of anilines is 1. The van der Waals surface area contributed by atoms with Crippen molar-refractivity contribution >= 4 is 11.6 Å². The molecule has 1 N–H and O–H groups in total. The van der Waals surface area contributed by atoms with Crippen molar-refractivity contribution in [2.24, 2.45) is 11.8 Å². The highest BCUT2D eigenvalue weighted by atomic mass is 16.5. The van der Waals surface area contributed by atoms with Crippen LogP contribution in [0.2, 0.25) is 0 Å². The maximum atomic E-state index is 12.2. The average molecular weight is 320 g/mol. The zero-order valence-corrected chi connectivity index (χ0v) is 14.2. The number of morpholine rings is 1. The molecule has 0 spiro atoms. The molecule has 6 nitrogen and oxygen atoms in total. The smallest absolute Gasteiger partial charge is 0.244 e. The van der Waals surface area contributed by atoms with Crippen molar-refractivity contribution in [3.05, 3.63) is 12.4 Å². The first-order valence-electron chi connectivity index (χ1n) is 8.76. The zero-order valence-electron chi connectivity index (χ0n) is 14.2. The number of rotatable bonds is 4. The van der Waals surface area contributed by atoms with Gasteiger partial charge in [-0.25, -0.2) is 0 Å². The van der Waals surface area contributed by atoms with Crippen LogP contribution < -0.4 is 5.32 Å². The molecule has 0 radical (unpaired) electrons. The molecule has 2 aliphatic rings. The summed E-state index contributed by atoms with van der Waals surface area (Å²) in [7, 11) is 0. The Morgan fingerprint density at radius 1 is 1.30 bits per heavy atom. The molecule has 1 saturated carbocycles. The summed E-state index contributed by atoms with van der Waals surface area (Å²) < 4.78 is 7.01. The minimum absolute atomic E-state index is 0.114. The van der Waals surface area contributed by atoms with Crippen LogP contribution in [0.15, 0.2) is 12.4 Å². The highest BCUT2D eigenvalue weighted by Gasteiger charge is 2.24. The van der Waals surface area contributed by atoms with E-state index in [1.54, 1.807) is 4.68 Å². The van der Waals surface area contributed by atoms with E-state index >= 15 is 0 Å². The molecule has 2 heterocycles. The molecule has 1 aliphatic carbocycles. The van der Waals surface area contributed by atoms with Crippen LogP contribution in [0.25, 0.3) is 0 Å². The number of ether oxygens (including phenoxy) is 1. The fraction of sp³-hybridized carbons (Fsp3) is 0.765. The van der Waals surface area contributed by atoms with Crippen molar-refractivity contribution in [2.45, 2.75) is 45.7 Å². The summed E-state index contributed by atoms with van der Waals surface area (Å²) in [6, 6.07) is 0.522. The van der Waals surface area contributed by atoms with Crippen LogP contribution in [-0.4, -0.2) is 52.9 Å². The molecule has 23 heavy (non-hydrogen) atoms. The third kappa shape index (κ3) is 4.25. The number of carbonyl (C=O) groups excluding carboxylic acids is 1. The Morgan fingerprint density at radius 2 is 2.09 bits per heavy atom. The predicted octanol–water partition coefficient (Wildman–Crippen LogP) is 1.98. The zero-order chi connectivity index (χ0) is 16.2. The molecule has 3 atom stereocenters. The standard InChI is InChI=1S/C17H28N4O2/c1-13-3-4-15(9-14(13)2)19-16-10-18-21(11-16)12-17(22)20-5-7-23-8-6-20/h10-11,13-15,19H,3-9,12H2,1-2H3/t13-,14+,15-/m1/s1. The van der Waals surface area contributed by atoms with E-state index in [0.29, 0.717) is 38.9 Å². The van der Waals surface area contributed by atoms with E-state index in [2.05, 4.69) is 24.3 Å². The lowest BCUT2D eigenvalue weighted by molar-refractivity contribution is -0.136. The Morgan fingerprint density at radius 3 is 2.83 bits per heavy atom. The van der Waals surface area contributed by atoms with Gasteiger partial charge in [0.1, 0.15) is 6.54 Å². The molecule has 0 bridgehead atoms. The molecule has 1 saturated heterocycles. The lowest BCUT2D eigenvalue weighted by Crippen LogP contribution is -2.42. The van der Waals surface area contributed by atoms with Gasteiger partial charge in [0.2, 0.25) is 5.91 Å². The summed E-state index contributed by atoms with van der Waals surface area (Å²) >= 11 is 0. The predicted molar refractivity (Wildman–Crippen MR) is 89.2 cm³/mol. The van der Waals surface area contributed by atoms with Crippen LogP contribution in [0.4, 0.5) is 5.69 Å². The Bertz CT molecular complexity index is 524. The Hall–Kier alpha value is -1.56. The summed E-state index contributed by atoms with van der Waals surface area (Å²) in [4.78, 5) is 14.1. The van der Waals surface area contributed by atoms with Crippen LogP contribution in [0.1, 0.15) is 33.1 Å². The monoisotopic (exact) mass is 320 g/mol. The summed E-state index contributed by atoms with van der Waals surface area (Å²) in [6.45, 7) is 7.62. The molecule has 0 aromatic carbocycles. The van der Waals surface area contributed by atoms with E-state index < -0.39 is 0 Å². The van der Waals surface area contributed by atoms with Crippen molar-refractivity contribution in [2.75, 3.05) is 31.6 Å². The number of amides is 1. The van der Waals surface area contributed by atoms with E-state index in [9.17, 15) is 4.79 Å². The normalized spacial score (nSPS) is 28.6. The Labute approximate surface area is 138 Å². The van der Waals surface area contributed by atoms with E-state index in [0.717, 1.165) is 17.5 Å². The SMILES string of the molecule is C[C@@H]1CC[C@@H](Nc2cnn(CC(=O)N3CCOCC3)c2)C[C@@H]1C. The van der Waals surface area contributed by atoms with Crippen molar-refractivity contribution in [1.29, 1.82) is 0 Å². The second-order valence-corrected chi connectivity index (χ2v) is 7.03. The lowest BCUT2D eigenvalue weighted by atomic mass is 9.79. The molecule has 1 aliphatic heterocycles. The first-order chi connectivity index (χ1) is 11.1. The first kappa shape index (κ1) is 16.3. The Balaban J connectivity index is 1.50. The van der Waals surface area contributed by atoms with E-state index in [4.69, 9.17) is 4.74 Å². The molecule has 0 unspecified atom stereocenters. The van der Waals surface area contributed by atoms with Gasteiger partial charge in [0, 0.05) is 25.3 Å². The highest BCUT2D eigenvalue weighted by Crippen LogP contribution is 2.30. The molecular formula is C17H28N4O2. The van der Waals surface area contributed by atoms with E-state index in [1.807, 2.05) is 17.3 Å². The second kappa shape index (κ2) is 7.34. The number of aromatic nitrogens is 2. The lowest BCUT2D eigenvalue weighted by Gasteiger charge is -2.32. The minimum Gasteiger partial charge on any atom is -0.380 e. The highest BCUT2D eigenvalue weighted by molar-refractivity contribution is 5.76. The Kier molecular flexibility index (Phi) is 5.20. The average Bonchev–Trinajstić information content (AvgIpc) is 2.99. The van der Waals surface area contributed by atoms with E-state index in [1.165, 1.54) is 19.3 Å². The van der Waals surface area contributed by atoms with Gasteiger partial charge in [-0.15, -0.1) is 0 Å². The fourth-order valence-corrected chi connectivity index (χ4v) is 3.49. The minimum atomic E-state index is 0.114. The van der Waals surface area contributed by atoms with Gasteiger partial charge in [0.15, 0.2) is 0 Å². The molecule has 128 valence electrons. The van der Waals surface area contributed by atoms with Crippen LogP contribution in [0, 0.1) is 11.8 Å². The van der Waals surface area contributed by atoms with Crippen molar-refractivity contribution in [3.8, 4) is 0 Å². The maximum Gasteiger partial charge on any atom is 0.244 e. The molecule has 1 aromatic heterocycles. The molecule has 3 rings (SSSR count). The number of nitrogens with one attached hydrogen (secondary N) is 1. The van der Waals surface area contributed by atoms with Crippen LogP contribution >= 0.6 is 0 Å². The van der Waals surface area contributed by atoms with Crippen molar-refractivity contribution in [1.82, 2.24) is 14.7 Å². The van der Waals surface area contributed by atoms with Crippen molar-refractivity contribution < 1.29 is 9.53 Å². The molecular weight excluding hydrogens is 292 g/mol. The summed E-state index contributed by atoms with van der Waals surface area (Å²) in [5.74, 6) is 1.70. The number of hydrogen-bond acceptors (Lipinski definition) is 4. The third-order valence-electron chi connectivity index (χ3n) is 5.26. The topological polar surface area (TPSA) is 59.4 Å². The van der Waals surface area contributed by atoms with Gasteiger partial charge in [-0.3, -0.25) is 9.48 Å². The van der Waals surface area contributed by atoms with Gasteiger partial charge >= 0.3 is 0 Å². The summed E-state index contributed by atoms with van der Waals surface area (Å²) in [6.07, 6.45) is 7.47. The van der Waals surface area contributed by atoms with Gasteiger partial charge in [-0.05, 0) is 31.1 Å². The van der Waals surface area contributed by atoms with E-state index in [-0.39, 0.29) is 5.91 Å². The van der Waals surface area contributed by atoms with Crippen LogP contribution in [0.5, 0.6) is 0 Å². The third-order valence-corrected chi connectivity index (χ3v) is 5.26. The van der Waals surface area contributed by atoms with Gasteiger partial charge in [-0.2, -0.15) is 5.10 Å². The summed E-state index contributed by atoms with van der Waals surface area (Å²) in [5.41, 5.74) is 1.02. The molecule has 1 aromatic rings. The number of nitrogens with zero attached hydrogens (tertiary/aromatic N) is 3. The number of hydrogen-bond donors (Lipinski definition) is 1. The summed E-state index contributed by atoms with van der Waals surface area (Å²) in [5, 5.41) is 7.90. The van der Waals surface area contributed by atoms with Gasteiger partial charge in [-0.1, -0.05) is 13.8 Å². The molecule has 2 fully saturated rings. The number of carbonyl (C=O) groups is 1.